The third kappa shape index (κ3) is 11.7. The molecule has 61 heavy (non-hydrogen) atoms. The van der Waals surface area contributed by atoms with Crippen LogP contribution >= 0.6 is 0 Å². The van der Waals surface area contributed by atoms with Gasteiger partial charge in [0.15, 0.2) is 6.10 Å². The molecule has 5 heterocycles. The van der Waals surface area contributed by atoms with E-state index in [2.05, 4.69) is 15.1 Å². The standard InChI is InChI=1S/C45H63N7O8.CH4/c1-32-29-34(30-33(2)42(32)55)31-39(60-45(58)51-20-13-37(14-21-51)52-22-10-35-7-3-4-8-38(35)46-44(52)57)43(56)50-25-23-48(24-26-50)36-11-17-47(18-12-36)19-15-41(54)59-28-27-49-16-6-5-9-40(49)53;/h3-4,7-8,29-30,36-37,39,55H,5-6,9-28,31H2,1-2H3,(H,46,57);1H4/t39-;/m1./s1. The Morgan fingerprint density at radius 3 is 2.20 bits per heavy atom. The van der Waals surface area contributed by atoms with E-state index >= 15 is 0 Å². The largest absolute Gasteiger partial charge is 0.507 e. The number of carbonyl (C=O) groups excluding carboxylic acids is 5. The second kappa shape index (κ2) is 21.3. The number of fused-ring (bicyclic) bond motifs is 1. The molecule has 4 saturated heterocycles. The van der Waals surface area contributed by atoms with Crippen molar-refractivity contribution in [1.82, 2.24) is 29.4 Å². The number of rotatable bonds is 12. The van der Waals surface area contributed by atoms with E-state index < -0.39 is 12.2 Å². The van der Waals surface area contributed by atoms with Crippen LogP contribution in [-0.2, 0) is 36.7 Å². The number of carbonyl (C=O) groups is 5. The van der Waals surface area contributed by atoms with Crippen molar-refractivity contribution in [2.45, 2.75) is 104 Å². The zero-order valence-corrected chi connectivity index (χ0v) is 35.4. The maximum absolute atomic E-state index is 14.2. The molecule has 15 heteroatoms. The van der Waals surface area contributed by atoms with Crippen LogP contribution in [0.15, 0.2) is 36.4 Å². The number of amides is 5. The van der Waals surface area contributed by atoms with Crippen LogP contribution in [-0.4, -0.2) is 168 Å². The van der Waals surface area contributed by atoms with Gasteiger partial charge in [0.2, 0.25) is 5.91 Å². The number of phenolic OH excluding ortho intramolecular Hbond substituents is 1. The molecule has 0 radical (unpaired) electrons. The number of likely N-dealkylation sites (tertiary alicyclic amines) is 3. The topological polar surface area (TPSA) is 156 Å². The second-order valence-corrected chi connectivity index (χ2v) is 17.1. The van der Waals surface area contributed by atoms with Gasteiger partial charge in [0.1, 0.15) is 12.4 Å². The highest BCUT2D eigenvalue weighted by Crippen LogP contribution is 2.27. The van der Waals surface area contributed by atoms with E-state index in [0.717, 1.165) is 81.6 Å². The van der Waals surface area contributed by atoms with E-state index in [1.54, 1.807) is 9.80 Å². The molecule has 2 N–H and O–H groups in total. The predicted octanol–water partition coefficient (Wildman–Crippen LogP) is 4.80. The molecule has 0 spiro atoms. The lowest BCUT2D eigenvalue weighted by molar-refractivity contribution is -0.146. The normalized spacial score (nSPS) is 20.3. The molecular weight excluding hydrogens is 779 g/mol. The number of aryl methyl sites for hydroxylation is 2. The summed E-state index contributed by atoms with van der Waals surface area (Å²) < 4.78 is 11.5. The number of aromatic hydroxyl groups is 1. The van der Waals surface area contributed by atoms with Crippen molar-refractivity contribution in [3.05, 3.63) is 58.7 Å². The summed E-state index contributed by atoms with van der Waals surface area (Å²) in [5.41, 5.74) is 4.17. The molecule has 5 aliphatic rings. The summed E-state index contributed by atoms with van der Waals surface area (Å²) in [4.78, 5) is 77.5. The van der Waals surface area contributed by atoms with Crippen molar-refractivity contribution in [3.8, 4) is 5.75 Å². The average molecular weight is 846 g/mol. The van der Waals surface area contributed by atoms with Crippen LogP contribution in [0.2, 0.25) is 0 Å². The molecule has 5 aliphatic heterocycles. The molecular formula is C46H67N7O8. The van der Waals surface area contributed by atoms with Crippen LogP contribution in [0.3, 0.4) is 0 Å². The van der Waals surface area contributed by atoms with Gasteiger partial charge in [-0.05, 0) is 100 Å². The van der Waals surface area contributed by atoms with Gasteiger partial charge in [0, 0.05) is 89.5 Å². The Labute approximate surface area is 361 Å². The summed E-state index contributed by atoms with van der Waals surface area (Å²) in [7, 11) is 0. The van der Waals surface area contributed by atoms with Gasteiger partial charge in [-0.3, -0.25) is 19.3 Å². The average Bonchev–Trinajstić information content (AvgIpc) is 3.43. The van der Waals surface area contributed by atoms with Crippen LogP contribution in [0, 0.1) is 13.8 Å². The molecule has 4 fully saturated rings. The van der Waals surface area contributed by atoms with Crippen LogP contribution in [0.25, 0.3) is 0 Å². The minimum absolute atomic E-state index is 0. The third-order valence-electron chi connectivity index (χ3n) is 13.2. The quantitative estimate of drug-likeness (QED) is 0.285. The number of urea groups is 1. The first kappa shape index (κ1) is 45.6. The first-order valence-corrected chi connectivity index (χ1v) is 22.1. The molecule has 334 valence electrons. The fourth-order valence-corrected chi connectivity index (χ4v) is 9.56. The third-order valence-corrected chi connectivity index (χ3v) is 13.2. The van der Waals surface area contributed by atoms with Gasteiger partial charge in [-0.1, -0.05) is 37.8 Å². The first-order valence-electron chi connectivity index (χ1n) is 22.1. The zero-order chi connectivity index (χ0) is 42.2. The maximum Gasteiger partial charge on any atom is 0.410 e. The fraction of sp³-hybridized carbons (Fsp3) is 0.630. The molecule has 5 amide bonds. The predicted molar refractivity (Wildman–Crippen MR) is 232 cm³/mol. The number of phenols is 1. The number of anilines is 1. The fourth-order valence-electron chi connectivity index (χ4n) is 9.56. The van der Waals surface area contributed by atoms with E-state index in [1.165, 1.54) is 0 Å². The summed E-state index contributed by atoms with van der Waals surface area (Å²) in [6.07, 6.45) is 5.44. The number of benzene rings is 2. The number of para-hydroxylation sites is 1. The molecule has 0 unspecified atom stereocenters. The smallest absolute Gasteiger partial charge is 0.410 e. The second-order valence-electron chi connectivity index (χ2n) is 17.1. The monoisotopic (exact) mass is 846 g/mol. The number of hydrogen-bond acceptors (Lipinski definition) is 10. The van der Waals surface area contributed by atoms with Crippen molar-refractivity contribution in [1.29, 1.82) is 0 Å². The van der Waals surface area contributed by atoms with Crippen LogP contribution in [0.1, 0.15) is 81.0 Å². The van der Waals surface area contributed by atoms with Crippen molar-refractivity contribution in [3.63, 3.8) is 0 Å². The Morgan fingerprint density at radius 1 is 0.803 bits per heavy atom. The number of nitrogens with one attached hydrogen (secondary N) is 1. The minimum Gasteiger partial charge on any atom is -0.507 e. The Hall–Kier alpha value is -4.89. The summed E-state index contributed by atoms with van der Waals surface area (Å²) >= 11 is 0. The van der Waals surface area contributed by atoms with Gasteiger partial charge in [-0.15, -0.1) is 0 Å². The Kier molecular flexibility index (Phi) is 15.9. The van der Waals surface area contributed by atoms with E-state index in [4.69, 9.17) is 9.47 Å². The molecule has 2 aromatic rings. The molecule has 15 nitrogen and oxygen atoms in total. The van der Waals surface area contributed by atoms with Gasteiger partial charge in [-0.25, -0.2) is 9.59 Å². The van der Waals surface area contributed by atoms with Crippen LogP contribution < -0.4 is 5.32 Å². The Balaban J connectivity index is 0.00000622. The number of hydrogen-bond donors (Lipinski definition) is 2. The van der Waals surface area contributed by atoms with Crippen molar-refractivity contribution >= 4 is 35.6 Å². The number of piperidine rings is 3. The van der Waals surface area contributed by atoms with Crippen molar-refractivity contribution in [2.75, 3.05) is 90.5 Å². The van der Waals surface area contributed by atoms with E-state index in [9.17, 15) is 29.1 Å². The van der Waals surface area contributed by atoms with Gasteiger partial charge in [-0.2, -0.15) is 0 Å². The molecule has 0 bridgehead atoms. The molecule has 1 atom stereocenters. The SMILES string of the molecule is C.Cc1cc(C[C@@H](OC(=O)N2CCC(N3CCc4ccccc4NC3=O)CC2)C(=O)N2CCN(C3CCN(CCC(=O)OCCN4CCCCC4=O)CC3)CC2)cc(C)c1O. The summed E-state index contributed by atoms with van der Waals surface area (Å²) in [5, 5.41) is 13.5. The van der Waals surface area contributed by atoms with E-state index in [0.29, 0.717) is 88.7 Å². The van der Waals surface area contributed by atoms with Gasteiger partial charge in [0.25, 0.3) is 5.91 Å². The zero-order valence-electron chi connectivity index (χ0n) is 35.4. The first-order chi connectivity index (χ1) is 29.0. The molecule has 7 rings (SSSR count). The lowest BCUT2D eigenvalue weighted by Gasteiger charge is -2.43. The lowest BCUT2D eigenvalue weighted by Crippen LogP contribution is -2.56. The number of ether oxygens (including phenoxy) is 2. The van der Waals surface area contributed by atoms with Crippen LogP contribution in [0.4, 0.5) is 15.3 Å². The number of esters is 1. The molecule has 0 aromatic heterocycles. The summed E-state index contributed by atoms with van der Waals surface area (Å²) in [6, 6.07) is 11.8. The van der Waals surface area contributed by atoms with Crippen molar-refractivity contribution in [2.24, 2.45) is 0 Å². The van der Waals surface area contributed by atoms with Gasteiger partial charge >= 0.3 is 18.1 Å². The molecule has 0 aliphatic carbocycles. The van der Waals surface area contributed by atoms with Crippen LogP contribution in [0.5, 0.6) is 5.75 Å². The summed E-state index contributed by atoms with van der Waals surface area (Å²) in [5.74, 6) is -0.0825. The minimum atomic E-state index is -1.03. The highest BCUT2D eigenvalue weighted by atomic mass is 16.6. The lowest BCUT2D eigenvalue weighted by atomic mass is 10.00. The highest BCUT2D eigenvalue weighted by Gasteiger charge is 2.36. The van der Waals surface area contributed by atoms with Gasteiger partial charge < -0.3 is 44.4 Å². The molecule has 2 aromatic carbocycles. The maximum atomic E-state index is 14.2. The highest BCUT2D eigenvalue weighted by molar-refractivity contribution is 5.91. The summed E-state index contributed by atoms with van der Waals surface area (Å²) in [6.45, 7) is 11.5. The van der Waals surface area contributed by atoms with Gasteiger partial charge in [0.05, 0.1) is 13.0 Å². The number of nitrogens with zero attached hydrogens (tertiary/aromatic N) is 6. The Bertz CT molecular complexity index is 1830. The Morgan fingerprint density at radius 2 is 1.49 bits per heavy atom. The van der Waals surface area contributed by atoms with E-state index in [1.807, 2.05) is 60.0 Å². The van der Waals surface area contributed by atoms with Crippen molar-refractivity contribution < 1.29 is 38.6 Å². The molecule has 0 saturated carbocycles. The van der Waals surface area contributed by atoms with E-state index in [-0.39, 0.29) is 56.1 Å². The number of piperazine rings is 1.